The van der Waals surface area contributed by atoms with Crippen molar-refractivity contribution < 1.29 is 9.59 Å². The molecule has 5 heteroatoms. The van der Waals surface area contributed by atoms with Gasteiger partial charge in [-0.3, -0.25) is 14.6 Å². The van der Waals surface area contributed by atoms with Crippen LogP contribution in [0.3, 0.4) is 0 Å². The molecule has 0 bridgehead atoms. The number of pyridine rings is 1. The zero-order valence-electron chi connectivity index (χ0n) is 11.8. The molecular formula is C15H19N3O2. The van der Waals surface area contributed by atoms with Gasteiger partial charge in [-0.25, -0.2) is 0 Å². The van der Waals surface area contributed by atoms with Crippen LogP contribution >= 0.6 is 0 Å². The van der Waals surface area contributed by atoms with E-state index in [2.05, 4.69) is 10.3 Å². The SMILES string of the molecule is CC1NC(=O)C(C)(C2CC2)N(Cc2cccnc2)C1=O. The molecule has 1 saturated heterocycles. The number of nitrogens with one attached hydrogen (secondary N) is 1. The summed E-state index contributed by atoms with van der Waals surface area (Å²) in [7, 11) is 0. The number of amides is 2. The molecule has 2 heterocycles. The van der Waals surface area contributed by atoms with Crippen molar-refractivity contribution in [2.45, 2.75) is 44.8 Å². The van der Waals surface area contributed by atoms with Crippen molar-refractivity contribution in [2.75, 3.05) is 0 Å². The van der Waals surface area contributed by atoms with E-state index in [4.69, 9.17) is 0 Å². The summed E-state index contributed by atoms with van der Waals surface area (Å²) in [5.74, 6) is 0.231. The van der Waals surface area contributed by atoms with Crippen molar-refractivity contribution in [1.29, 1.82) is 0 Å². The average molecular weight is 273 g/mol. The maximum absolute atomic E-state index is 12.5. The second kappa shape index (κ2) is 4.58. The molecule has 1 saturated carbocycles. The second-order valence-electron chi connectivity index (χ2n) is 5.90. The first kappa shape index (κ1) is 13.1. The number of carbonyl (C=O) groups is 2. The molecule has 1 aromatic heterocycles. The summed E-state index contributed by atoms with van der Waals surface area (Å²) in [5.41, 5.74) is 0.231. The highest BCUT2D eigenvalue weighted by atomic mass is 16.2. The van der Waals surface area contributed by atoms with Crippen molar-refractivity contribution in [3.05, 3.63) is 30.1 Å². The summed E-state index contributed by atoms with van der Waals surface area (Å²) >= 11 is 0. The fraction of sp³-hybridized carbons (Fsp3) is 0.533. The van der Waals surface area contributed by atoms with E-state index in [1.165, 1.54) is 0 Å². The van der Waals surface area contributed by atoms with Crippen LogP contribution in [0.1, 0.15) is 32.3 Å². The van der Waals surface area contributed by atoms with E-state index in [9.17, 15) is 9.59 Å². The summed E-state index contributed by atoms with van der Waals surface area (Å²) in [6.07, 6.45) is 5.47. The van der Waals surface area contributed by atoms with Gasteiger partial charge >= 0.3 is 0 Å². The quantitative estimate of drug-likeness (QED) is 0.897. The molecule has 5 nitrogen and oxygen atoms in total. The Hall–Kier alpha value is -1.91. The summed E-state index contributed by atoms with van der Waals surface area (Å²) in [6, 6.07) is 3.33. The topological polar surface area (TPSA) is 62.3 Å². The van der Waals surface area contributed by atoms with Crippen LogP contribution in [0.15, 0.2) is 24.5 Å². The number of hydrogen-bond donors (Lipinski definition) is 1. The van der Waals surface area contributed by atoms with Crippen molar-refractivity contribution in [2.24, 2.45) is 5.92 Å². The van der Waals surface area contributed by atoms with Gasteiger partial charge in [0, 0.05) is 18.9 Å². The zero-order valence-corrected chi connectivity index (χ0v) is 11.8. The highest BCUT2D eigenvalue weighted by molar-refractivity contribution is 5.99. The lowest BCUT2D eigenvalue weighted by atomic mass is 9.88. The molecule has 1 aromatic rings. The molecule has 106 valence electrons. The van der Waals surface area contributed by atoms with Crippen molar-refractivity contribution in [3.63, 3.8) is 0 Å². The van der Waals surface area contributed by atoms with Gasteiger partial charge in [0.15, 0.2) is 0 Å². The first-order chi connectivity index (χ1) is 9.53. The molecule has 2 fully saturated rings. The van der Waals surface area contributed by atoms with E-state index >= 15 is 0 Å². The van der Waals surface area contributed by atoms with Crippen LogP contribution in [0.5, 0.6) is 0 Å². The van der Waals surface area contributed by atoms with Crippen molar-refractivity contribution >= 4 is 11.8 Å². The fourth-order valence-corrected chi connectivity index (χ4v) is 2.96. The van der Waals surface area contributed by atoms with Gasteiger partial charge in [0.25, 0.3) is 0 Å². The average Bonchev–Trinajstić information content (AvgIpc) is 3.27. The molecular weight excluding hydrogens is 254 g/mol. The molecule has 2 unspecified atom stereocenters. The minimum Gasteiger partial charge on any atom is -0.343 e. The number of piperazine rings is 1. The molecule has 0 aromatic carbocycles. The van der Waals surface area contributed by atoms with Gasteiger partial charge in [-0.1, -0.05) is 6.07 Å². The third-order valence-electron chi connectivity index (χ3n) is 4.44. The van der Waals surface area contributed by atoms with Crippen LogP contribution < -0.4 is 5.32 Å². The van der Waals surface area contributed by atoms with Crippen LogP contribution in [0.25, 0.3) is 0 Å². The Kier molecular flexibility index (Phi) is 3.00. The monoisotopic (exact) mass is 273 g/mol. The molecule has 2 amide bonds. The third-order valence-corrected chi connectivity index (χ3v) is 4.44. The van der Waals surface area contributed by atoms with E-state index in [0.717, 1.165) is 18.4 Å². The van der Waals surface area contributed by atoms with Gasteiger partial charge < -0.3 is 10.2 Å². The highest BCUT2D eigenvalue weighted by Crippen LogP contribution is 2.45. The molecule has 0 spiro atoms. The lowest BCUT2D eigenvalue weighted by molar-refractivity contribution is -0.158. The lowest BCUT2D eigenvalue weighted by Crippen LogP contribution is -2.69. The van der Waals surface area contributed by atoms with Crippen molar-refractivity contribution in [1.82, 2.24) is 15.2 Å². The van der Waals surface area contributed by atoms with Crippen LogP contribution in [0, 0.1) is 5.92 Å². The number of nitrogens with zero attached hydrogens (tertiary/aromatic N) is 2. The van der Waals surface area contributed by atoms with Gasteiger partial charge in [-0.15, -0.1) is 0 Å². The Morgan fingerprint density at radius 2 is 2.20 bits per heavy atom. The molecule has 20 heavy (non-hydrogen) atoms. The predicted molar refractivity (Wildman–Crippen MR) is 73.5 cm³/mol. The summed E-state index contributed by atoms with van der Waals surface area (Å²) in [6.45, 7) is 4.07. The van der Waals surface area contributed by atoms with Crippen molar-refractivity contribution in [3.8, 4) is 0 Å². The maximum Gasteiger partial charge on any atom is 0.246 e. The largest absolute Gasteiger partial charge is 0.343 e. The minimum absolute atomic E-state index is 0.0112. The van der Waals surface area contributed by atoms with Crippen LogP contribution in [-0.4, -0.2) is 33.3 Å². The molecule has 1 aliphatic heterocycles. The van der Waals surface area contributed by atoms with Gasteiger partial charge in [-0.05, 0) is 44.2 Å². The second-order valence-corrected chi connectivity index (χ2v) is 5.90. The Morgan fingerprint density at radius 3 is 2.80 bits per heavy atom. The van der Waals surface area contributed by atoms with E-state index in [1.54, 1.807) is 24.2 Å². The number of rotatable bonds is 3. The Labute approximate surface area is 118 Å². The zero-order chi connectivity index (χ0) is 14.3. The Balaban J connectivity index is 1.94. The van der Waals surface area contributed by atoms with Gasteiger partial charge in [-0.2, -0.15) is 0 Å². The Morgan fingerprint density at radius 1 is 1.45 bits per heavy atom. The minimum atomic E-state index is -0.723. The summed E-state index contributed by atoms with van der Waals surface area (Å²) in [4.78, 5) is 30.8. The summed E-state index contributed by atoms with van der Waals surface area (Å²) < 4.78 is 0. The lowest BCUT2D eigenvalue weighted by Gasteiger charge is -2.46. The van der Waals surface area contributed by atoms with Crippen LogP contribution in [0.2, 0.25) is 0 Å². The Bertz CT molecular complexity index is 541. The van der Waals surface area contributed by atoms with Gasteiger partial charge in [0.2, 0.25) is 11.8 Å². The summed E-state index contributed by atoms with van der Waals surface area (Å²) in [5, 5.41) is 2.81. The maximum atomic E-state index is 12.5. The van der Waals surface area contributed by atoms with E-state index < -0.39 is 11.6 Å². The molecule has 1 N–H and O–H groups in total. The standard InChI is InChI=1S/C15H19N3O2/c1-10-13(19)18(9-11-4-3-7-16-8-11)15(2,12-5-6-12)14(20)17-10/h3-4,7-8,10,12H,5-6,9H2,1-2H3,(H,17,20). The molecule has 0 radical (unpaired) electrons. The molecule has 2 atom stereocenters. The van der Waals surface area contributed by atoms with E-state index in [-0.39, 0.29) is 17.7 Å². The fourth-order valence-electron chi connectivity index (χ4n) is 2.96. The number of carbonyl (C=O) groups excluding carboxylic acids is 2. The van der Waals surface area contributed by atoms with Gasteiger partial charge in [0.1, 0.15) is 11.6 Å². The van der Waals surface area contributed by atoms with Gasteiger partial charge in [0.05, 0.1) is 0 Å². The first-order valence-electron chi connectivity index (χ1n) is 7.05. The van der Waals surface area contributed by atoms with Crippen LogP contribution in [0.4, 0.5) is 0 Å². The van der Waals surface area contributed by atoms with Crippen LogP contribution in [-0.2, 0) is 16.1 Å². The smallest absolute Gasteiger partial charge is 0.246 e. The van der Waals surface area contributed by atoms with E-state index in [1.807, 2.05) is 19.1 Å². The molecule has 1 aliphatic carbocycles. The normalized spacial score (nSPS) is 30.3. The molecule has 2 aliphatic rings. The third kappa shape index (κ3) is 1.97. The first-order valence-corrected chi connectivity index (χ1v) is 7.05. The molecule has 3 rings (SSSR count). The number of hydrogen-bond acceptors (Lipinski definition) is 3. The van der Waals surface area contributed by atoms with E-state index in [0.29, 0.717) is 6.54 Å². The predicted octanol–water partition coefficient (Wildman–Crippen LogP) is 1.10. The highest BCUT2D eigenvalue weighted by Gasteiger charge is 2.56. The number of aromatic nitrogens is 1.